The Morgan fingerprint density at radius 2 is 2.21 bits per heavy atom. The molecule has 0 aliphatic carbocycles. The van der Waals surface area contributed by atoms with Crippen LogP contribution in [0.15, 0.2) is 41.0 Å². The molecule has 1 heterocycles. The molecule has 98 valence electrons. The minimum atomic E-state index is -0.225. The van der Waals surface area contributed by atoms with Crippen LogP contribution in [-0.4, -0.2) is 10.9 Å². The van der Waals surface area contributed by atoms with Crippen LogP contribution in [0.2, 0.25) is 5.02 Å². The molecule has 0 aliphatic rings. The summed E-state index contributed by atoms with van der Waals surface area (Å²) in [4.78, 5) is 16.1. The van der Waals surface area contributed by atoms with E-state index in [4.69, 9.17) is 11.6 Å². The van der Waals surface area contributed by atoms with Gasteiger partial charge in [-0.15, -0.1) is 0 Å². The first kappa shape index (κ1) is 14.0. The maximum Gasteiger partial charge on any atom is 0.254 e. The zero-order valence-electron chi connectivity index (χ0n) is 10.3. The van der Waals surface area contributed by atoms with Crippen molar-refractivity contribution in [3.05, 3.63) is 62.8 Å². The van der Waals surface area contributed by atoms with E-state index in [1.807, 2.05) is 31.2 Å². The first-order chi connectivity index (χ1) is 9.06. The minimum Gasteiger partial charge on any atom is -0.348 e. The number of carbonyl (C=O) groups excluding carboxylic acids is 1. The molecule has 0 spiro atoms. The van der Waals surface area contributed by atoms with Crippen molar-refractivity contribution in [3.8, 4) is 0 Å². The lowest BCUT2D eigenvalue weighted by molar-refractivity contribution is 0.0950. The van der Waals surface area contributed by atoms with Crippen molar-refractivity contribution in [2.75, 3.05) is 0 Å². The smallest absolute Gasteiger partial charge is 0.254 e. The quantitative estimate of drug-likeness (QED) is 0.925. The van der Waals surface area contributed by atoms with Gasteiger partial charge in [0.05, 0.1) is 10.6 Å². The Morgan fingerprint density at radius 3 is 2.89 bits per heavy atom. The van der Waals surface area contributed by atoms with Gasteiger partial charge in [0, 0.05) is 22.9 Å². The Kier molecular flexibility index (Phi) is 4.56. The molecule has 1 aromatic heterocycles. The predicted molar refractivity (Wildman–Crippen MR) is 79.3 cm³/mol. The molecule has 1 amide bonds. The Bertz CT molecular complexity index is 616. The second-order valence-corrected chi connectivity index (χ2v) is 5.44. The number of benzene rings is 1. The standard InChI is InChI=1S/C14H12BrClN2O/c1-9-5-13(16)12(8-17-9)14(19)18-7-10-3-2-4-11(15)6-10/h2-6,8H,7H2,1H3,(H,18,19). The van der Waals surface area contributed by atoms with Gasteiger partial charge in [0.25, 0.3) is 5.91 Å². The Labute approximate surface area is 125 Å². The lowest BCUT2D eigenvalue weighted by Gasteiger charge is -2.07. The van der Waals surface area contributed by atoms with Crippen molar-refractivity contribution >= 4 is 33.4 Å². The van der Waals surface area contributed by atoms with Crippen LogP contribution in [0, 0.1) is 6.92 Å². The first-order valence-corrected chi connectivity index (χ1v) is 6.88. The van der Waals surface area contributed by atoms with Crippen molar-refractivity contribution in [2.45, 2.75) is 13.5 Å². The fourth-order valence-electron chi connectivity index (χ4n) is 1.62. The van der Waals surface area contributed by atoms with Gasteiger partial charge in [0.1, 0.15) is 0 Å². The number of nitrogens with zero attached hydrogens (tertiary/aromatic N) is 1. The van der Waals surface area contributed by atoms with Crippen molar-refractivity contribution in [1.82, 2.24) is 10.3 Å². The Hall–Kier alpha value is -1.39. The van der Waals surface area contributed by atoms with E-state index in [1.165, 1.54) is 6.20 Å². The van der Waals surface area contributed by atoms with Crippen LogP contribution in [-0.2, 0) is 6.54 Å². The van der Waals surface area contributed by atoms with Crippen LogP contribution in [0.3, 0.4) is 0 Å². The van der Waals surface area contributed by atoms with Gasteiger partial charge in [-0.25, -0.2) is 0 Å². The molecule has 19 heavy (non-hydrogen) atoms. The van der Waals surface area contributed by atoms with E-state index < -0.39 is 0 Å². The molecule has 0 unspecified atom stereocenters. The number of aromatic nitrogens is 1. The van der Waals surface area contributed by atoms with E-state index in [-0.39, 0.29) is 5.91 Å². The average Bonchev–Trinajstić information content (AvgIpc) is 2.36. The SMILES string of the molecule is Cc1cc(Cl)c(C(=O)NCc2cccc(Br)c2)cn1. The van der Waals surface area contributed by atoms with Gasteiger partial charge in [-0.05, 0) is 30.7 Å². The average molecular weight is 340 g/mol. The van der Waals surface area contributed by atoms with Crippen LogP contribution in [0.5, 0.6) is 0 Å². The van der Waals surface area contributed by atoms with Gasteiger partial charge >= 0.3 is 0 Å². The van der Waals surface area contributed by atoms with Gasteiger partial charge in [0.2, 0.25) is 0 Å². The fourth-order valence-corrected chi connectivity index (χ4v) is 2.36. The van der Waals surface area contributed by atoms with Gasteiger partial charge in [-0.1, -0.05) is 39.7 Å². The third-order valence-corrected chi connectivity index (χ3v) is 3.38. The molecule has 0 saturated carbocycles. The molecule has 0 aliphatic heterocycles. The number of amides is 1. The molecule has 1 aromatic carbocycles. The number of carbonyl (C=O) groups is 1. The maximum atomic E-state index is 12.0. The van der Waals surface area contributed by atoms with E-state index in [9.17, 15) is 4.79 Å². The zero-order chi connectivity index (χ0) is 13.8. The first-order valence-electron chi connectivity index (χ1n) is 5.71. The molecule has 2 aromatic rings. The summed E-state index contributed by atoms with van der Waals surface area (Å²) in [6.07, 6.45) is 1.49. The second kappa shape index (κ2) is 6.17. The zero-order valence-corrected chi connectivity index (χ0v) is 12.6. The normalized spacial score (nSPS) is 10.3. The second-order valence-electron chi connectivity index (χ2n) is 4.12. The van der Waals surface area contributed by atoms with Crippen molar-refractivity contribution in [2.24, 2.45) is 0 Å². The molecule has 0 bridgehead atoms. The maximum absolute atomic E-state index is 12.0. The summed E-state index contributed by atoms with van der Waals surface area (Å²) in [5.41, 5.74) is 2.19. The molecule has 3 nitrogen and oxygen atoms in total. The molecule has 1 N–H and O–H groups in total. The highest BCUT2D eigenvalue weighted by Crippen LogP contribution is 2.16. The lowest BCUT2D eigenvalue weighted by atomic mass is 10.2. The van der Waals surface area contributed by atoms with E-state index >= 15 is 0 Å². The summed E-state index contributed by atoms with van der Waals surface area (Å²) in [5, 5.41) is 3.23. The number of hydrogen-bond donors (Lipinski definition) is 1. The molecule has 0 saturated heterocycles. The Balaban J connectivity index is 2.05. The van der Waals surface area contributed by atoms with Gasteiger partial charge in [-0.3, -0.25) is 9.78 Å². The van der Waals surface area contributed by atoms with Crippen molar-refractivity contribution in [1.29, 1.82) is 0 Å². The summed E-state index contributed by atoms with van der Waals surface area (Å²) < 4.78 is 0.981. The van der Waals surface area contributed by atoms with Crippen molar-refractivity contribution < 1.29 is 4.79 Å². The van der Waals surface area contributed by atoms with Crippen molar-refractivity contribution in [3.63, 3.8) is 0 Å². The summed E-state index contributed by atoms with van der Waals surface area (Å²) in [7, 11) is 0. The summed E-state index contributed by atoms with van der Waals surface area (Å²) >= 11 is 9.41. The predicted octanol–water partition coefficient (Wildman–Crippen LogP) is 3.74. The number of hydrogen-bond acceptors (Lipinski definition) is 2. The molecule has 0 atom stereocenters. The van der Waals surface area contributed by atoms with Crippen LogP contribution < -0.4 is 5.32 Å². The fraction of sp³-hybridized carbons (Fsp3) is 0.143. The molecule has 5 heteroatoms. The number of aryl methyl sites for hydroxylation is 1. The third-order valence-electron chi connectivity index (χ3n) is 2.58. The van der Waals surface area contributed by atoms with E-state index in [2.05, 4.69) is 26.2 Å². The van der Waals surface area contributed by atoms with Gasteiger partial charge < -0.3 is 5.32 Å². The summed E-state index contributed by atoms with van der Waals surface area (Å²) in [5.74, 6) is -0.225. The van der Waals surface area contributed by atoms with Crippen LogP contribution in [0.25, 0.3) is 0 Å². The number of rotatable bonds is 3. The van der Waals surface area contributed by atoms with Crippen LogP contribution in [0.4, 0.5) is 0 Å². The molecular formula is C14H12BrClN2O. The van der Waals surface area contributed by atoms with E-state index in [0.717, 1.165) is 15.7 Å². The largest absolute Gasteiger partial charge is 0.348 e. The number of nitrogens with one attached hydrogen (secondary N) is 1. The highest BCUT2D eigenvalue weighted by atomic mass is 79.9. The third kappa shape index (κ3) is 3.78. The minimum absolute atomic E-state index is 0.225. The van der Waals surface area contributed by atoms with Gasteiger partial charge in [0.15, 0.2) is 0 Å². The number of halogens is 2. The monoisotopic (exact) mass is 338 g/mol. The highest BCUT2D eigenvalue weighted by Gasteiger charge is 2.10. The molecule has 0 radical (unpaired) electrons. The highest BCUT2D eigenvalue weighted by molar-refractivity contribution is 9.10. The lowest BCUT2D eigenvalue weighted by Crippen LogP contribution is -2.23. The summed E-state index contributed by atoms with van der Waals surface area (Å²) in [6.45, 7) is 2.28. The molecular weight excluding hydrogens is 328 g/mol. The van der Waals surface area contributed by atoms with E-state index in [0.29, 0.717) is 17.1 Å². The van der Waals surface area contributed by atoms with Gasteiger partial charge in [-0.2, -0.15) is 0 Å². The van der Waals surface area contributed by atoms with E-state index in [1.54, 1.807) is 6.07 Å². The molecule has 2 rings (SSSR count). The Morgan fingerprint density at radius 1 is 1.42 bits per heavy atom. The molecule has 0 fully saturated rings. The topological polar surface area (TPSA) is 42.0 Å². The van der Waals surface area contributed by atoms with Crippen LogP contribution >= 0.6 is 27.5 Å². The van der Waals surface area contributed by atoms with Crippen LogP contribution in [0.1, 0.15) is 21.6 Å². The number of pyridine rings is 1. The summed E-state index contributed by atoms with van der Waals surface area (Å²) in [6, 6.07) is 9.43.